The molecule has 0 amide bonds. The van der Waals surface area contributed by atoms with Crippen molar-refractivity contribution in [2.24, 2.45) is 5.73 Å². The lowest BCUT2D eigenvalue weighted by Gasteiger charge is -1.90. The first kappa shape index (κ1) is 11.3. The van der Waals surface area contributed by atoms with E-state index >= 15 is 0 Å². The maximum atomic E-state index is 5.41. The summed E-state index contributed by atoms with van der Waals surface area (Å²) in [5, 5.41) is 0. The maximum Gasteiger partial charge on any atom is 0.0618 e. The molecule has 1 fully saturated rings. The highest BCUT2D eigenvalue weighted by Gasteiger charge is 2.07. The van der Waals surface area contributed by atoms with Crippen molar-refractivity contribution in [3.8, 4) is 0 Å². The predicted octanol–water partition coefficient (Wildman–Crippen LogP) is 0.578. The van der Waals surface area contributed by atoms with Crippen LogP contribution in [0.4, 0.5) is 0 Å². The Labute approximate surface area is 61.6 Å². The SMILES string of the molecule is Cl.Cl.NC1CCOC1. The molecule has 0 spiro atoms. The minimum absolute atomic E-state index is 0. The third-order valence-corrected chi connectivity index (χ3v) is 0.965. The summed E-state index contributed by atoms with van der Waals surface area (Å²) in [5.74, 6) is 0. The molecule has 2 nitrogen and oxygen atoms in total. The first-order chi connectivity index (χ1) is 2.89. The quantitative estimate of drug-likeness (QED) is 0.562. The van der Waals surface area contributed by atoms with E-state index in [-0.39, 0.29) is 24.8 Å². The van der Waals surface area contributed by atoms with Gasteiger partial charge in [-0.2, -0.15) is 0 Å². The zero-order valence-electron chi connectivity index (χ0n) is 4.50. The Hall–Kier alpha value is 0.500. The summed E-state index contributed by atoms with van der Waals surface area (Å²) in [7, 11) is 0. The molecule has 1 aliphatic rings. The summed E-state index contributed by atoms with van der Waals surface area (Å²) in [6.45, 7) is 1.63. The smallest absolute Gasteiger partial charge is 0.0618 e. The highest BCUT2D eigenvalue weighted by Crippen LogP contribution is 1.98. The summed E-state index contributed by atoms with van der Waals surface area (Å²) < 4.78 is 4.93. The normalized spacial score (nSPS) is 25.9. The minimum Gasteiger partial charge on any atom is -0.380 e. The van der Waals surface area contributed by atoms with Crippen LogP contribution >= 0.6 is 24.8 Å². The van der Waals surface area contributed by atoms with Crippen molar-refractivity contribution in [2.75, 3.05) is 13.2 Å². The van der Waals surface area contributed by atoms with E-state index in [0.717, 1.165) is 19.6 Å². The van der Waals surface area contributed by atoms with Gasteiger partial charge in [-0.05, 0) is 6.42 Å². The van der Waals surface area contributed by atoms with E-state index < -0.39 is 0 Å². The first-order valence-electron chi connectivity index (χ1n) is 2.23. The van der Waals surface area contributed by atoms with E-state index in [4.69, 9.17) is 10.5 Å². The van der Waals surface area contributed by atoms with Crippen molar-refractivity contribution in [3.63, 3.8) is 0 Å². The molecule has 0 saturated carbocycles. The van der Waals surface area contributed by atoms with Crippen LogP contribution in [0.3, 0.4) is 0 Å². The van der Waals surface area contributed by atoms with Gasteiger partial charge in [-0.25, -0.2) is 0 Å². The zero-order chi connectivity index (χ0) is 4.41. The molecule has 4 heteroatoms. The van der Waals surface area contributed by atoms with Gasteiger partial charge in [-0.15, -0.1) is 24.8 Å². The Balaban J connectivity index is 0. The van der Waals surface area contributed by atoms with Crippen LogP contribution in [0.1, 0.15) is 6.42 Å². The number of rotatable bonds is 0. The number of hydrogen-bond donors (Lipinski definition) is 1. The molecule has 0 radical (unpaired) electrons. The minimum atomic E-state index is 0. The third kappa shape index (κ3) is 3.50. The van der Waals surface area contributed by atoms with Crippen LogP contribution < -0.4 is 5.73 Å². The molecule has 1 aliphatic heterocycles. The number of ether oxygens (including phenoxy) is 1. The monoisotopic (exact) mass is 159 g/mol. The van der Waals surface area contributed by atoms with Gasteiger partial charge in [0.05, 0.1) is 6.61 Å². The van der Waals surface area contributed by atoms with Gasteiger partial charge in [0.1, 0.15) is 0 Å². The summed E-state index contributed by atoms with van der Waals surface area (Å²) in [6.07, 6.45) is 1.04. The van der Waals surface area contributed by atoms with Gasteiger partial charge < -0.3 is 10.5 Å². The molecule has 1 heterocycles. The van der Waals surface area contributed by atoms with Crippen molar-refractivity contribution < 1.29 is 4.74 Å². The number of nitrogens with two attached hydrogens (primary N) is 1. The molecule has 8 heavy (non-hydrogen) atoms. The molecular formula is C4H11Cl2NO. The Morgan fingerprint density at radius 3 is 2.12 bits per heavy atom. The lowest BCUT2D eigenvalue weighted by molar-refractivity contribution is 0.194. The number of halogens is 2. The second kappa shape index (κ2) is 5.63. The molecule has 0 aromatic rings. The molecule has 1 atom stereocenters. The van der Waals surface area contributed by atoms with E-state index in [1.165, 1.54) is 0 Å². The van der Waals surface area contributed by atoms with Crippen molar-refractivity contribution in [1.82, 2.24) is 0 Å². The van der Waals surface area contributed by atoms with Crippen LogP contribution in [-0.4, -0.2) is 19.3 Å². The molecule has 0 aromatic carbocycles. The van der Waals surface area contributed by atoms with Crippen molar-refractivity contribution >= 4 is 24.8 Å². The van der Waals surface area contributed by atoms with Crippen molar-refractivity contribution in [1.29, 1.82) is 0 Å². The summed E-state index contributed by atoms with van der Waals surface area (Å²) in [4.78, 5) is 0. The molecule has 0 bridgehead atoms. The fourth-order valence-corrected chi connectivity index (χ4v) is 0.553. The first-order valence-corrected chi connectivity index (χ1v) is 2.23. The van der Waals surface area contributed by atoms with E-state index in [1.807, 2.05) is 0 Å². The van der Waals surface area contributed by atoms with E-state index in [0.29, 0.717) is 6.04 Å². The van der Waals surface area contributed by atoms with Gasteiger partial charge in [-0.1, -0.05) is 0 Å². The van der Waals surface area contributed by atoms with Crippen LogP contribution in [0.2, 0.25) is 0 Å². The molecule has 0 aromatic heterocycles. The average Bonchev–Trinajstić information content (AvgIpc) is 1.86. The summed E-state index contributed by atoms with van der Waals surface area (Å²) in [6, 6.07) is 0.324. The lowest BCUT2D eigenvalue weighted by Crippen LogP contribution is -2.18. The Kier molecular flexibility index (Phi) is 7.97. The Morgan fingerprint density at radius 2 is 2.00 bits per heavy atom. The Bertz CT molecular complexity index is 47.3. The largest absolute Gasteiger partial charge is 0.380 e. The summed E-state index contributed by atoms with van der Waals surface area (Å²) in [5.41, 5.74) is 5.41. The van der Waals surface area contributed by atoms with E-state index in [1.54, 1.807) is 0 Å². The predicted molar refractivity (Wildman–Crippen MR) is 37.9 cm³/mol. The average molecular weight is 160 g/mol. The van der Waals surface area contributed by atoms with Crippen LogP contribution in [0, 0.1) is 0 Å². The van der Waals surface area contributed by atoms with E-state index in [2.05, 4.69) is 0 Å². The van der Waals surface area contributed by atoms with Crippen LogP contribution in [-0.2, 0) is 4.74 Å². The highest BCUT2D eigenvalue weighted by atomic mass is 35.5. The van der Waals surface area contributed by atoms with Gasteiger partial charge in [0.25, 0.3) is 0 Å². The zero-order valence-corrected chi connectivity index (χ0v) is 6.13. The van der Waals surface area contributed by atoms with E-state index in [9.17, 15) is 0 Å². The lowest BCUT2D eigenvalue weighted by atomic mass is 10.3. The number of hydrogen-bond acceptors (Lipinski definition) is 2. The van der Waals surface area contributed by atoms with Crippen molar-refractivity contribution in [2.45, 2.75) is 12.5 Å². The second-order valence-corrected chi connectivity index (χ2v) is 1.62. The van der Waals surface area contributed by atoms with Crippen LogP contribution in [0.15, 0.2) is 0 Å². The topological polar surface area (TPSA) is 35.2 Å². The van der Waals surface area contributed by atoms with Gasteiger partial charge in [0, 0.05) is 12.6 Å². The molecule has 2 N–H and O–H groups in total. The van der Waals surface area contributed by atoms with Gasteiger partial charge in [-0.3, -0.25) is 0 Å². The molecular weight excluding hydrogens is 149 g/mol. The van der Waals surface area contributed by atoms with Gasteiger partial charge >= 0.3 is 0 Å². The molecule has 52 valence electrons. The van der Waals surface area contributed by atoms with Crippen LogP contribution in [0.5, 0.6) is 0 Å². The standard InChI is InChI=1S/C4H9NO.2ClH/c5-4-1-2-6-3-4;;/h4H,1-3,5H2;2*1H. The van der Waals surface area contributed by atoms with Crippen molar-refractivity contribution in [3.05, 3.63) is 0 Å². The van der Waals surface area contributed by atoms with Gasteiger partial charge in [0.2, 0.25) is 0 Å². The third-order valence-electron chi connectivity index (χ3n) is 0.965. The molecule has 1 unspecified atom stereocenters. The fourth-order valence-electron chi connectivity index (χ4n) is 0.553. The maximum absolute atomic E-state index is 5.41. The van der Waals surface area contributed by atoms with Crippen LogP contribution in [0.25, 0.3) is 0 Å². The highest BCUT2D eigenvalue weighted by molar-refractivity contribution is 5.85. The molecule has 1 saturated heterocycles. The Morgan fingerprint density at radius 1 is 1.38 bits per heavy atom. The van der Waals surface area contributed by atoms with Gasteiger partial charge in [0.15, 0.2) is 0 Å². The fraction of sp³-hybridized carbons (Fsp3) is 1.00. The second-order valence-electron chi connectivity index (χ2n) is 1.62. The molecule has 0 aliphatic carbocycles. The molecule has 1 rings (SSSR count). The summed E-state index contributed by atoms with van der Waals surface area (Å²) >= 11 is 0.